The Hall–Kier alpha value is -3.18. The Kier molecular flexibility index (Phi) is 3.51. The predicted molar refractivity (Wildman–Crippen MR) is 71.2 cm³/mol. The fourth-order valence-corrected chi connectivity index (χ4v) is 1.50. The van der Waals surface area contributed by atoms with Gasteiger partial charge in [-0.2, -0.15) is 10.5 Å². The molecule has 0 spiro atoms. The molecule has 0 fully saturated rings. The standard InChI is InChI=1S/C14H10N4O/c15-8-10-1-2-13(7-11(10)9-16)18-17-12-3-5-14(19)6-4-12/h1-7,17-19H. The van der Waals surface area contributed by atoms with Crippen molar-refractivity contribution in [1.82, 2.24) is 0 Å². The Morgan fingerprint density at radius 2 is 1.37 bits per heavy atom. The van der Waals surface area contributed by atoms with Gasteiger partial charge in [-0.25, -0.2) is 0 Å². The van der Waals surface area contributed by atoms with Crippen LogP contribution in [0.4, 0.5) is 11.4 Å². The molecule has 0 saturated carbocycles. The zero-order valence-corrected chi connectivity index (χ0v) is 9.88. The van der Waals surface area contributed by atoms with E-state index in [1.807, 2.05) is 12.1 Å². The fraction of sp³-hybridized carbons (Fsp3) is 0. The molecular formula is C14H10N4O. The number of nitrogens with one attached hydrogen (secondary N) is 2. The van der Waals surface area contributed by atoms with Crippen molar-refractivity contribution in [2.75, 3.05) is 10.9 Å². The maximum absolute atomic E-state index is 9.15. The first-order valence-electron chi connectivity index (χ1n) is 5.48. The molecular weight excluding hydrogens is 240 g/mol. The number of nitrogens with zero attached hydrogens (tertiary/aromatic N) is 2. The third-order valence-electron chi connectivity index (χ3n) is 2.48. The lowest BCUT2D eigenvalue weighted by Crippen LogP contribution is -2.08. The summed E-state index contributed by atoms with van der Waals surface area (Å²) in [5.74, 6) is 0.190. The highest BCUT2D eigenvalue weighted by atomic mass is 16.3. The quantitative estimate of drug-likeness (QED) is 0.575. The number of hydrazine groups is 1. The minimum Gasteiger partial charge on any atom is -0.508 e. The van der Waals surface area contributed by atoms with Crippen molar-refractivity contribution in [1.29, 1.82) is 10.5 Å². The third-order valence-corrected chi connectivity index (χ3v) is 2.48. The summed E-state index contributed by atoms with van der Waals surface area (Å²) in [5.41, 5.74) is 7.94. The zero-order valence-electron chi connectivity index (χ0n) is 9.88. The van der Waals surface area contributed by atoms with E-state index in [0.29, 0.717) is 16.8 Å². The Morgan fingerprint density at radius 3 is 2.00 bits per heavy atom. The maximum Gasteiger partial charge on any atom is 0.115 e. The summed E-state index contributed by atoms with van der Waals surface area (Å²) in [5, 5.41) is 26.9. The molecule has 0 atom stereocenters. The average Bonchev–Trinajstić information content (AvgIpc) is 2.46. The SMILES string of the molecule is N#Cc1ccc(NNc2ccc(O)cc2)cc1C#N. The van der Waals surface area contributed by atoms with E-state index < -0.39 is 0 Å². The molecule has 0 heterocycles. The van der Waals surface area contributed by atoms with Crippen LogP contribution in [0.25, 0.3) is 0 Å². The highest BCUT2D eigenvalue weighted by molar-refractivity contribution is 5.59. The van der Waals surface area contributed by atoms with E-state index in [0.717, 1.165) is 5.69 Å². The molecule has 0 aliphatic heterocycles. The van der Waals surface area contributed by atoms with E-state index in [4.69, 9.17) is 15.6 Å². The van der Waals surface area contributed by atoms with Gasteiger partial charge in [0.05, 0.1) is 22.5 Å². The van der Waals surface area contributed by atoms with Gasteiger partial charge in [-0.1, -0.05) is 0 Å². The highest BCUT2D eigenvalue weighted by Gasteiger charge is 2.02. The first kappa shape index (κ1) is 12.3. The monoisotopic (exact) mass is 250 g/mol. The molecule has 3 N–H and O–H groups in total. The molecule has 2 aromatic carbocycles. The second kappa shape index (κ2) is 5.44. The summed E-state index contributed by atoms with van der Waals surface area (Å²) < 4.78 is 0. The Labute approximate surface area is 110 Å². The van der Waals surface area contributed by atoms with Gasteiger partial charge in [-0.15, -0.1) is 0 Å². The average molecular weight is 250 g/mol. The molecule has 0 radical (unpaired) electrons. The second-order valence-electron chi connectivity index (χ2n) is 3.78. The zero-order chi connectivity index (χ0) is 13.7. The summed E-state index contributed by atoms with van der Waals surface area (Å²) in [6.45, 7) is 0. The summed E-state index contributed by atoms with van der Waals surface area (Å²) in [7, 11) is 0. The predicted octanol–water partition coefficient (Wildman–Crippen LogP) is 2.57. The number of anilines is 2. The molecule has 0 unspecified atom stereocenters. The molecule has 0 aliphatic carbocycles. The molecule has 0 amide bonds. The van der Waals surface area contributed by atoms with Gasteiger partial charge in [0.25, 0.3) is 0 Å². The van der Waals surface area contributed by atoms with Crippen LogP contribution in [-0.4, -0.2) is 5.11 Å². The molecule has 0 saturated heterocycles. The van der Waals surface area contributed by atoms with E-state index >= 15 is 0 Å². The van der Waals surface area contributed by atoms with Crippen molar-refractivity contribution < 1.29 is 5.11 Å². The van der Waals surface area contributed by atoms with Gasteiger partial charge >= 0.3 is 0 Å². The normalized spacial score (nSPS) is 9.16. The van der Waals surface area contributed by atoms with E-state index in [9.17, 15) is 0 Å². The minimum atomic E-state index is 0.190. The van der Waals surface area contributed by atoms with Crippen molar-refractivity contribution in [3.8, 4) is 17.9 Å². The Balaban J connectivity index is 2.10. The summed E-state index contributed by atoms with van der Waals surface area (Å²) in [6, 6.07) is 15.3. The molecule has 5 heteroatoms. The van der Waals surface area contributed by atoms with E-state index in [-0.39, 0.29) is 5.75 Å². The Bertz CT molecular complexity index is 665. The van der Waals surface area contributed by atoms with E-state index in [1.165, 1.54) is 0 Å². The lowest BCUT2D eigenvalue weighted by atomic mass is 10.1. The van der Waals surface area contributed by atoms with E-state index in [1.54, 1.807) is 42.5 Å². The number of phenolic OH excluding ortho intramolecular Hbond substituents is 1. The molecule has 0 aromatic heterocycles. The lowest BCUT2D eigenvalue weighted by Gasteiger charge is -2.10. The van der Waals surface area contributed by atoms with E-state index in [2.05, 4.69) is 10.9 Å². The number of nitriles is 2. The summed E-state index contributed by atoms with van der Waals surface area (Å²) >= 11 is 0. The van der Waals surface area contributed by atoms with Crippen LogP contribution >= 0.6 is 0 Å². The van der Waals surface area contributed by atoms with Gasteiger partial charge in [0, 0.05) is 0 Å². The second-order valence-corrected chi connectivity index (χ2v) is 3.78. The van der Waals surface area contributed by atoms with Gasteiger partial charge in [0.2, 0.25) is 0 Å². The van der Waals surface area contributed by atoms with Crippen LogP contribution in [0.1, 0.15) is 11.1 Å². The van der Waals surface area contributed by atoms with Crippen molar-refractivity contribution in [3.63, 3.8) is 0 Å². The molecule has 19 heavy (non-hydrogen) atoms. The Morgan fingerprint density at radius 1 is 0.789 bits per heavy atom. The van der Waals surface area contributed by atoms with Crippen LogP contribution in [0.3, 0.4) is 0 Å². The maximum atomic E-state index is 9.15. The molecule has 5 nitrogen and oxygen atoms in total. The number of aromatic hydroxyl groups is 1. The molecule has 0 aliphatic rings. The van der Waals surface area contributed by atoms with Gasteiger partial charge in [0.15, 0.2) is 0 Å². The van der Waals surface area contributed by atoms with Gasteiger partial charge < -0.3 is 16.0 Å². The fourth-order valence-electron chi connectivity index (χ4n) is 1.50. The topological polar surface area (TPSA) is 91.9 Å². The molecule has 92 valence electrons. The van der Waals surface area contributed by atoms with Crippen LogP contribution in [-0.2, 0) is 0 Å². The van der Waals surface area contributed by atoms with Crippen molar-refractivity contribution in [2.24, 2.45) is 0 Å². The largest absolute Gasteiger partial charge is 0.508 e. The van der Waals surface area contributed by atoms with Crippen LogP contribution in [0.15, 0.2) is 42.5 Å². The number of benzene rings is 2. The summed E-state index contributed by atoms with van der Waals surface area (Å²) in [6.07, 6.45) is 0. The van der Waals surface area contributed by atoms with Crippen molar-refractivity contribution in [2.45, 2.75) is 0 Å². The smallest absolute Gasteiger partial charge is 0.115 e. The highest BCUT2D eigenvalue weighted by Crippen LogP contribution is 2.17. The number of hydrogen-bond acceptors (Lipinski definition) is 5. The lowest BCUT2D eigenvalue weighted by molar-refractivity contribution is 0.475. The van der Waals surface area contributed by atoms with Crippen LogP contribution in [0, 0.1) is 22.7 Å². The van der Waals surface area contributed by atoms with Crippen LogP contribution < -0.4 is 10.9 Å². The van der Waals surface area contributed by atoms with Crippen LogP contribution in [0.2, 0.25) is 0 Å². The molecule has 2 rings (SSSR count). The number of phenols is 1. The van der Waals surface area contributed by atoms with Gasteiger partial charge in [-0.3, -0.25) is 0 Å². The summed E-state index contributed by atoms with van der Waals surface area (Å²) in [4.78, 5) is 0. The molecule has 0 bridgehead atoms. The minimum absolute atomic E-state index is 0.190. The first-order valence-corrected chi connectivity index (χ1v) is 5.48. The van der Waals surface area contributed by atoms with Crippen molar-refractivity contribution >= 4 is 11.4 Å². The van der Waals surface area contributed by atoms with Crippen LogP contribution in [0.5, 0.6) is 5.75 Å². The van der Waals surface area contributed by atoms with Crippen molar-refractivity contribution in [3.05, 3.63) is 53.6 Å². The number of hydrogen-bond donors (Lipinski definition) is 3. The van der Waals surface area contributed by atoms with Gasteiger partial charge in [-0.05, 0) is 42.5 Å². The first-order chi connectivity index (χ1) is 9.22. The third kappa shape index (κ3) is 2.93. The number of rotatable bonds is 3. The van der Waals surface area contributed by atoms with Gasteiger partial charge in [0.1, 0.15) is 17.9 Å². The molecule has 2 aromatic rings.